The number of carboxylic acids is 1. The highest BCUT2D eigenvalue weighted by Gasteiger charge is 2.26. The van der Waals surface area contributed by atoms with Gasteiger partial charge in [0.15, 0.2) is 5.78 Å². The van der Waals surface area contributed by atoms with Gasteiger partial charge in [-0.2, -0.15) is 0 Å². The number of carbonyl (C=O) groups excluding carboxylic acids is 1. The number of aryl methyl sites for hydroxylation is 2. The Morgan fingerprint density at radius 1 is 1.18 bits per heavy atom. The first kappa shape index (κ1) is 14.3. The molecule has 0 atom stereocenters. The molecule has 0 amide bonds. The van der Waals surface area contributed by atoms with E-state index in [1.54, 1.807) is 18.2 Å². The van der Waals surface area contributed by atoms with E-state index in [2.05, 4.69) is 0 Å². The quantitative estimate of drug-likeness (QED) is 0.856. The second-order valence-electron chi connectivity index (χ2n) is 5.68. The molecule has 22 heavy (non-hydrogen) atoms. The molecule has 0 saturated carbocycles. The van der Waals surface area contributed by atoms with E-state index in [0.29, 0.717) is 17.6 Å². The number of hydrogen-bond acceptors (Lipinski definition) is 2. The summed E-state index contributed by atoms with van der Waals surface area (Å²) < 4.78 is 0. The van der Waals surface area contributed by atoms with Crippen LogP contribution in [0.15, 0.2) is 42.0 Å². The van der Waals surface area contributed by atoms with Crippen LogP contribution in [0.5, 0.6) is 0 Å². The van der Waals surface area contributed by atoms with Gasteiger partial charge in [0.25, 0.3) is 0 Å². The summed E-state index contributed by atoms with van der Waals surface area (Å²) in [7, 11) is 0. The highest BCUT2D eigenvalue weighted by Crippen LogP contribution is 2.30. The first-order chi connectivity index (χ1) is 10.5. The van der Waals surface area contributed by atoms with E-state index in [1.165, 1.54) is 0 Å². The zero-order chi connectivity index (χ0) is 15.9. The predicted molar refractivity (Wildman–Crippen MR) is 85.3 cm³/mol. The number of benzene rings is 2. The van der Waals surface area contributed by atoms with Gasteiger partial charge in [-0.05, 0) is 42.7 Å². The van der Waals surface area contributed by atoms with Gasteiger partial charge < -0.3 is 5.11 Å². The Bertz CT molecular complexity index is 829. The molecule has 0 radical (unpaired) electrons. The fourth-order valence-electron chi connectivity index (χ4n) is 2.93. The van der Waals surface area contributed by atoms with Gasteiger partial charge in [0, 0.05) is 17.6 Å². The monoisotopic (exact) mass is 292 g/mol. The van der Waals surface area contributed by atoms with Crippen molar-refractivity contribution in [1.29, 1.82) is 0 Å². The molecule has 1 aliphatic rings. The summed E-state index contributed by atoms with van der Waals surface area (Å²) in [5.41, 5.74) is 5.08. The topological polar surface area (TPSA) is 54.4 Å². The summed E-state index contributed by atoms with van der Waals surface area (Å²) in [6.07, 6.45) is 2.27. The third kappa shape index (κ3) is 2.35. The second-order valence-corrected chi connectivity index (χ2v) is 5.68. The van der Waals surface area contributed by atoms with Crippen molar-refractivity contribution in [2.75, 3.05) is 0 Å². The molecule has 2 aromatic rings. The molecule has 110 valence electrons. The number of carboxylic acid groups (broad SMARTS) is 1. The lowest BCUT2D eigenvalue weighted by Crippen LogP contribution is -2.02. The molecule has 0 aliphatic heterocycles. The first-order valence-corrected chi connectivity index (χ1v) is 7.15. The number of carbonyl (C=O) groups is 2. The van der Waals surface area contributed by atoms with Gasteiger partial charge in [0.2, 0.25) is 0 Å². The Morgan fingerprint density at radius 2 is 1.95 bits per heavy atom. The molecular weight excluding hydrogens is 276 g/mol. The lowest BCUT2D eigenvalue weighted by Gasteiger charge is -2.04. The molecule has 1 N–H and O–H groups in total. The van der Waals surface area contributed by atoms with E-state index in [1.807, 2.05) is 38.1 Å². The maximum absolute atomic E-state index is 12.6. The Labute approximate surface area is 128 Å². The zero-order valence-corrected chi connectivity index (χ0v) is 12.5. The molecule has 2 aromatic carbocycles. The minimum Gasteiger partial charge on any atom is -0.478 e. The van der Waals surface area contributed by atoms with Gasteiger partial charge in [0.1, 0.15) is 0 Å². The van der Waals surface area contributed by atoms with Gasteiger partial charge in [-0.3, -0.25) is 4.79 Å². The molecule has 3 heteroatoms. The average Bonchev–Trinajstić information content (AvgIpc) is 2.78. The van der Waals surface area contributed by atoms with Crippen LogP contribution >= 0.6 is 0 Å². The van der Waals surface area contributed by atoms with E-state index in [9.17, 15) is 14.7 Å². The number of ketones is 1. The van der Waals surface area contributed by atoms with Crippen LogP contribution in [0.25, 0.3) is 6.08 Å². The average molecular weight is 292 g/mol. The molecule has 0 aromatic heterocycles. The summed E-state index contributed by atoms with van der Waals surface area (Å²) in [5, 5.41) is 9.33. The predicted octanol–water partition coefficient (Wildman–Crippen LogP) is 3.82. The van der Waals surface area contributed by atoms with Crippen LogP contribution in [0.2, 0.25) is 0 Å². The highest BCUT2D eigenvalue weighted by molar-refractivity contribution is 6.16. The van der Waals surface area contributed by atoms with Crippen molar-refractivity contribution in [3.8, 4) is 0 Å². The molecule has 0 saturated heterocycles. The van der Waals surface area contributed by atoms with Crippen LogP contribution in [-0.4, -0.2) is 16.9 Å². The SMILES string of the molecule is Cc1ccc(/C=C2\Cc3cccc(C)c3C2=O)c(C(=O)O)c1. The van der Waals surface area contributed by atoms with Crippen LogP contribution in [0.3, 0.4) is 0 Å². The fraction of sp³-hybridized carbons (Fsp3) is 0.158. The Hall–Kier alpha value is -2.68. The number of Topliss-reactive ketones (excluding diaryl/α,β-unsaturated/α-hetero) is 1. The molecule has 1 aliphatic carbocycles. The molecule has 0 bridgehead atoms. The summed E-state index contributed by atoms with van der Waals surface area (Å²) >= 11 is 0. The maximum Gasteiger partial charge on any atom is 0.336 e. The van der Waals surface area contributed by atoms with Crippen LogP contribution in [0.1, 0.15) is 43.0 Å². The summed E-state index contributed by atoms with van der Waals surface area (Å²) in [6.45, 7) is 3.78. The van der Waals surface area contributed by atoms with Gasteiger partial charge in [-0.15, -0.1) is 0 Å². The molecule has 3 rings (SSSR count). The standard InChI is InChI=1S/C19H16O3/c1-11-6-7-13(16(8-11)19(21)22)9-15-10-14-5-3-4-12(2)17(14)18(15)20/h3-9H,10H2,1-2H3,(H,21,22)/b15-9+. The summed E-state index contributed by atoms with van der Waals surface area (Å²) in [4.78, 5) is 23.9. The lowest BCUT2D eigenvalue weighted by molar-refractivity contribution is 0.0696. The zero-order valence-electron chi connectivity index (χ0n) is 12.5. The molecule has 0 spiro atoms. The van der Waals surface area contributed by atoms with Crippen LogP contribution < -0.4 is 0 Å². The minimum absolute atomic E-state index is 0.00464. The molecule has 0 unspecified atom stereocenters. The van der Waals surface area contributed by atoms with Gasteiger partial charge in [0.05, 0.1) is 5.56 Å². The fourth-order valence-corrected chi connectivity index (χ4v) is 2.93. The third-order valence-corrected chi connectivity index (χ3v) is 4.03. The number of aromatic carboxylic acids is 1. The number of fused-ring (bicyclic) bond motifs is 1. The van der Waals surface area contributed by atoms with Crippen molar-refractivity contribution < 1.29 is 14.7 Å². The number of rotatable bonds is 2. The van der Waals surface area contributed by atoms with Crippen molar-refractivity contribution >= 4 is 17.8 Å². The Morgan fingerprint density at radius 3 is 2.64 bits per heavy atom. The van der Waals surface area contributed by atoms with E-state index in [4.69, 9.17) is 0 Å². The van der Waals surface area contributed by atoms with Crippen LogP contribution in [0.4, 0.5) is 0 Å². The van der Waals surface area contributed by atoms with Crippen molar-refractivity contribution in [1.82, 2.24) is 0 Å². The molecule has 0 heterocycles. The van der Waals surface area contributed by atoms with Crippen molar-refractivity contribution in [3.05, 3.63) is 75.4 Å². The normalized spacial score (nSPS) is 15.2. The van der Waals surface area contributed by atoms with Gasteiger partial charge in [-0.25, -0.2) is 4.79 Å². The van der Waals surface area contributed by atoms with E-state index in [-0.39, 0.29) is 11.3 Å². The van der Waals surface area contributed by atoms with E-state index >= 15 is 0 Å². The van der Waals surface area contributed by atoms with Crippen molar-refractivity contribution in [2.24, 2.45) is 0 Å². The summed E-state index contributed by atoms with van der Waals surface area (Å²) in [6, 6.07) is 11.1. The molecule has 3 nitrogen and oxygen atoms in total. The second kappa shape index (κ2) is 5.26. The Balaban J connectivity index is 2.08. The minimum atomic E-state index is -0.977. The highest BCUT2D eigenvalue weighted by atomic mass is 16.4. The van der Waals surface area contributed by atoms with Gasteiger partial charge in [-0.1, -0.05) is 35.9 Å². The van der Waals surface area contributed by atoms with Crippen LogP contribution in [-0.2, 0) is 6.42 Å². The Kier molecular flexibility index (Phi) is 3.41. The van der Waals surface area contributed by atoms with E-state index < -0.39 is 5.97 Å². The first-order valence-electron chi connectivity index (χ1n) is 7.15. The third-order valence-electron chi connectivity index (χ3n) is 4.03. The van der Waals surface area contributed by atoms with Crippen molar-refractivity contribution in [3.63, 3.8) is 0 Å². The van der Waals surface area contributed by atoms with Gasteiger partial charge >= 0.3 is 5.97 Å². The lowest BCUT2D eigenvalue weighted by atomic mass is 10.0. The maximum atomic E-state index is 12.6. The largest absolute Gasteiger partial charge is 0.478 e. The van der Waals surface area contributed by atoms with E-state index in [0.717, 1.165) is 22.3 Å². The number of hydrogen-bond donors (Lipinski definition) is 1. The number of allylic oxidation sites excluding steroid dienone is 1. The van der Waals surface area contributed by atoms with Crippen LogP contribution in [0, 0.1) is 13.8 Å². The molecule has 0 fully saturated rings. The smallest absolute Gasteiger partial charge is 0.336 e. The molecular formula is C19H16O3. The summed E-state index contributed by atoms with van der Waals surface area (Å²) in [5.74, 6) is -0.972. The van der Waals surface area contributed by atoms with Crippen molar-refractivity contribution in [2.45, 2.75) is 20.3 Å².